The molecule has 0 amide bonds. The van der Waals surface area contributed by atoms with Crippen molar-refractivity contribution >= 4 is 13.5 Å². The average Bonchev–Trinajstić information content (AvgIpc) is 2.89. The molecule has 1 heterocycles. The van der Waals surface area contributed by atoms with Crippen molar-refractivity contribution < 1.29 is 26.3 Å². The standard InChI is InChI=1S/C19H23F6N2P/c1-16(2,3)28(17(4,5)6)15-26-10-11-27(15)14-12(18(20,21)22)8-7-9-13(14)19(23,24)25/h7-11H,1-6H3. The first-order valence-electron chi connectivity index (χ1n) is 8.57. The molecule has 2 nitrogen and oxygen atoms in total. The number of imidazole rings is 1. The van der Waals surface area contributed by atoms with Crippen LogP contribution in [-0.4, -0.2) is 19.9 Å². The van der Waals surface area contributed by atoms with E-state index in [1.165, 1.54) is 12.4 Å². The van der Waals surface area contributed by atoms with Crippen LogP contribution in [0.15, 0.2) is 30.6 Å². The zero-order chi connectivity index (χ0) is 21.7. The summed E-state index contributed by atoms with van der Waals surface area (Å²) in [6.07, 6.45) is -7.44. The van der Waals surface area contributed by atoms with Gasteiger partial charge in [-0.25, -0.2) is 4.98 Å². The van der Waals surface area contributed by atoms with Gasteiger partial charge in [-0.05, 0) is 30.4 Å². The van der Waals surface area contributed by atoms with Crippen LogP contribution in [0.3, 0.4) is 0 Å². The molecule has 0 unspecified atom stereocenters. The molecule has 0 N–H and O–H groups in total. The van der Waals surface area contributed by atoms with E-state index < -0.39 is 37.1 Å². The summed E-state index contributed by atoms with van der Waals surface area (Å²) in [5.41, 5.74) is -3.35. The van der Waals surface area contributed by atoms with Crippen LogP contribution in [0.5, 0.6) is 0 Å². The van der Waals surface area contributed by atoms with Gasteiger partial charge in [0.15, 0.2) is 0 Å². The summed E-state index contributed by atoms with van der Waals surface area (Å²) in [5.74, 6) is 0. The average molecular weight is 424 g/mol. The third-order valence-electron chi connectivity index (χ3n) is 4.05. The third kappa shape index (κ3) is 4.53. The highest BCUT2D eigenvalue weighted by molar-refractivity contribution is 7.68. The van der Waals surface area contributed by atoms with Crippen molar-refractivity contribution in [2.24, 2.45) is 0 Å². The molecule has 0 aliphatic carbocycles. The molecular formula is C19H23F6N2P. The smallest absolute Gasteiger partial charge is 0.299 e. The van der Waals surface area contributed by atoms with Crippen molar-refractivity contribution in [2.75, 3.05) is 0 Å². The summed E-state index contributed by atoms with van der Waals surface area (Å²) in [5, 5.41) is -0.773. The van der Waals surface area contributed by atoms with E-state index in [-0.39, 0.29) is 15.9 Å². The highest BCUT2D eigenvalue weighted by Gasteiger charge is 2.44. The van der Waals surface area contributed by atoms with E-state index >= 15 is 0 Å². The molecule has 0 radical (unpaired) electrons. The minimum absolute atomic E-state index is 0.234. The molecule has 0 saturated carbocycles. The molecule has 156 valence electrons. The van der Waals surface area contributed by atoms with Gasteiger partial charge in [0.05, 0.1) is 16.8 Å². The molecule has 28 heavy (non-hydrogen) atoms. The second kappa shape index (κ2) is 7.05. The summed E-state index contributed by atoms with van der Waals surface area (Å²) in [4.78, 5) is 4.23. The summed E-state index contributed by atoms with van der Waals surface area (Å²) < 4.78 is 82.7. The third-order valence-corrected chi connectivity index (χ3v) is 7.46. The lowest BCUT2D eigenvalue weighted by Crippen LogP contribution is -2.36. The number of hydrogen-bond donors (Lipinski definition) is 0. The highest BCUT2D eigenvalue weighted by atomic mass is 31.1. The zero-order valence-corrected chi connectivity index (χ0v) is 17.4. The van der Waals surface area contributed by atoms with Crippen LogP contribution in [0.25, 0.3) is 5.69 Å². The fraction of sp³-hybridized carbons (Fsp3) is 0.526. The van der Waals surface area contributed by atoms with Gasteiger partial charge < -0.3 is 0 Å². The van der Waals surface area contributed by atoms with Gasteiger partial charge in [0.1, 0.15) is 5.57 Å². The Kier molecular flexibility index (Phi) is 5.72. The molecule has 0 saturated heterocycles. The van der Waals surface area contributed by atoms with Gasteiger partial charge >= 0.3 is 12.4 Å². The first-order valence-corrected chi connectivity index (χ1v) is 9.91. The van der Waals surface area contributed by atoms with Gasteiger partial charge in [0.2, 0.25) is 0 Å². The number of para-hydroxylation sites is 1. The summed E-state index contributed by atoms with van der Waals surface area (Å²) in [7, 11) is -1.22. The predicted octanol–water partition coefficient (Wildman–Crippen LogP) is 6.61. The largest absolute Gasteiger partial charge is 0.418 e. The Morgan fingerprint density at radius 2 is 1.21 bits per heavy atom. The van der Waals surface area contributed by atoms with Crippen molar-refractivity contribution in [3.63, 3.8) is 0 Å². The van der Waals surface area contributed by atoms with Crippen LogP contribution in [0.2, 0.25) is 0 Å². The normalized spacial score (nSPS) is 14.0. The Hall–Kier alpha value is -1.56. The Balaban J connectivity index is 2.91. The Morgan fingerprint density at radius 1 is 0.786 bits per heavy atom. The van der Waals surface area contributed by atoms with Crippen LogP contribution < -0.4 is 5.57 Å². The lowest BCUT2D eigenvalue weighted by Gasteiger charge is -2.41. The molecule has 0 aliphatic heterocycles. The quantitative estimate of drug-likeness (QED) is 0.392. The SMILES string of the molecule is CC(C)(C)P(c1nccn1-c1c(C(F)(F)F)cccc1C(F)(F)F)C(C)(C)C. The molecule has 0 bridgehead atoms. The van der Waals surface area contributed by atoms with Gasteiger partial charge in [-0.3, -0.25) is 4.57 Å². The van der Waals surface area contributed by atoms with E-state index in [9.17, 15) is 26.3 Å². The molecule has 9 heteroatoms. The van der Waals surface area contributed by atoms with Gasteiger partial charge in [0, 0.05) is 12.4 Å². The van der Waals surface area contributed by atoms with Gasteiger partial charge in [-0.15, -0.1) is 0 Å². The Labute approximate surface area is 161 Å². The maximum absolute atomic E-state index is 13.6. The van der Waals surface area contributed by atoms with Crippen molar-refractivity contribution in [2.45, 2.75) is 64.2 Å². The fourth-order valence-electron chi connectivity index (χ4n) is 3.50. The molecule has 2 aromatic rings. The molecule has 1 aromatic carbocycles. The van der Waals surface area contributed by atoms with E-state index in [0.717, 1.165) is 10.6 Å². The van der Waals surface area contributed by atoms with Crippen LogP contribution in [0.1, 0.15) is 52.7 Å². The maximum atomic E-state index is 13.6. The van der Waals surface area contributed by atoms with Crippen molar-refractivity contribution in [1.29, 1.82) is 0 Å². The van der Waals surface area contributed by atoms with Crippen LogP contribution >= 0.6 is 7.92 Å². The maximum Gasteiger partial charge on any atom is 0.418 e. The van der Waals surface area contributed by atoms with Crippen LogP contribution in [0.4, 0.5) is 26.3 Å². The van der Waals surface area contributed by atoms with E-state index in [2.05, 4.69) is 4.98 Å². The minimum Gasteiger partial charge on any atom is -0.299 e. The van der Waals surface area contributed by atoms with E-state index in [1.54, 1.807) is 0 Å². The number of nitrogens with zero attached hydrogens (tertiary/aromatic N) is 2. The number of alkyl halides is 6. The molecule has 0 spiro atoms. The predicted molar refractivity (Wildman–Crippen MR) is 99.6 cm³/mol. The number of aromatic nitrogens is 2. The molecule has 2 rings (SSSR count). The molecule has 0 fully saturated rings. The van der Waals surface area contributed by atoms with Crippen molar-refractivity contribution in [3.8, 4) is 5.69 Å². The van der Waals surface area contributed by atoms with Gasteiger partial charge in [0.25, 0.3) is 0 Å². The van der Waals surface area contributed by atoms with Crippen LogP contribution in [-0.2, 0) is 12.4 Å². The zero-order valence-electron chi connectivity index (χ0n) is 16.5. The van der Waals surface area contributed by atoms with Gasteiger partial charge in [-0.2, -0.15) is 26.3 Å². The second-order valence-electron chi connectivity index (χ2n) is 8.47. The topological polar surface area (TPSA) is 17.8 Å². The molecule has 0 atom stereocenters. The van der Waals surface area contributed by atoms with E-state index in [4.69, 9.17) is 0 Å². The van der Waals surface area contributed by atoms with Crippen molar-refractivity contribution in [3.05, 3.63) is 41.7 Å². The molecule has 0 aliphatic rings. The number of hydrogen-bond acceptors (Lipinski definition) is 1. The second-order valence-corrected chi connectivity index (χ2v) is 12.2. The fourth-order valence-corrected chi connectivity index (χ4v) is 7.28. The first kappa shape index (κ1) is 22.7. The van der Waals surface area contributed by atoms with E-state index in [0.29, 0.717) is 12.1 Å². The summed E-state index contributed by atoms with van der Waals surface area (Å²) >= 11 is 0. The highest BCUT2D eigenvalue weighted by Crippen LogP contribution is 2.58. The Bertz CT molecular complexity index is 792. The lowest BCUT2D eigenvalue weighted by molar-refractivity contribution is -0.142. The summed E-state index contributed by atoms with van der Waals surface area (Å²) in [6.45, 7) is 11.5. The minimum atomic E-state index is -4.94. The monoisotopic (exact) mass is 424 g/mol. The number of halogens is 6. The number of rotatable bonds is 2. The first-order chi connectivity index (χ1) is 12.5. The van der Waals surface area contributed by atoms with Gasteiger partial charge in [-0.1, -0.05) is 47.6 Å². The van der Waals surface area contributed by atoms with E-state index in [1.807, 2.05) is 41.5 Å². The molecule has 1 aromatic heterocycles. The van der Waals surface area contributed by atoms with Crippen LogP contribution in [0, 0.1) is 0 Å². The Morgan fingerprint density at radius 3 is 1.57 bits per heavy atom. The lowest BCUT2D eigenvalue weighted by atomic mass is 10.1. The molecular weight excluding hydrogens is 401 g/mol. The summed E-state index contributed by atoms with van der Waals surface area (Å²) in [6, 6.07) is 2.12. The van der Waals surface area contributed by atoms with Crippen molar-refractivity contribution in [1.82, 2.24) is 9.55 Å². The number of benzene rings is 1.